The van der Waals surface area contributed by atoms with Crippen molar-refractivity contribution >= 4 is 11.9 Å². The van der Waals surface area contributed by atoms with E-state index in [1.165, 1.54) is 0 Å². The number of amides is 1. The number of carbonyl (C=O) groups excluding carboxylic acids is 2. The molecule has 1 saturated heterocycles. The molecule has 1 aliphatic carbocycles. The lowest BCUT2D eigenvalue weighted by Gasteiger charge is -2.35. The molecular formula is C11H17NO3. The van der Waals surface area contributed by atoms with Crippen LogP contribution in [0.1, 0.15) is 40.0 Å². The third-order valence-corrected chi connectivity index (χ3v) is 4.73. The monoisotopic (exact) mass is 211 g/mol. The molecular weight excluding hydrogens is 194 g/mol. The normalized spacial score (nSPS) is 41.7. The van der Waals surface area contributed by atoms with Crippen molar-refractivity contribution in [1.82, 2.24) is 0 Å². The molecule has 2 atom stereocenters. The third-order valence-electron chi connectivity index (χ3n) is 4.73. The fourth-order valence-electron chi connectivity index (χ4n) is 3.10. The standard InChI is InChI=1S/C11H17NO3/c1-9(2)10(3)4-5-11(9,6-7(12)13)8(14)15-10/h4-6H2,1-3H3,(H2,12,13)/t10-,11+/m0/s1. The molecule has 0 unspecified atom stereocenters. The molecule has 0 aromatic carbocycles. The van der Waals surface area contributed by atoms with E-state index in [0.29, 0.717) is 6.42 Å². The number of hydrogen-bond acceptors (Lipinski definition) is 3. The second kappa shape index (κ2) is 2.54. The Morgan fingerprint density at radius 3 is 2.33 bits per heavy atom. The first-order valence-corrected chi connectivity index (χ1v) is 5.27. The summed E-state index contributed by atoms with van der Waals surface area (Å²) in [6.07, 6.45) is 1.63. The van der Waals surface area contributed by atoms with Crippen molar-refractivity contribution in [1.29, 1.82) is 0 Å². The van der Waals surface area contributed by atoms with Crippen molar-refractivity contribution in [2.45, 2.75) is 45.6 Å². The number of carbonyl (C=O) groups is 2. The molecule has 15 heavy (non-hydrogen) atoms. The molecule has 1 saturated carbocycles. The van der Waals surface area contributed by atoms with Gasteiger partial charge in [0.1, 0.15) is 5.60 Å². The highest BCUT2D eigenvalue weighted by molar-refractivity contribution is 5.89. The fraction of sp³-hybridized carbons (Fsp3) is 0.818. The summed E-state index contributed by atoms with van der Waals surface area (Å²) in [4.78, 5) is 23.0. The van der Waals surface area contributed by atoms with Crippen LogP contribution in [0, 0.1) is 10.8 Å². The van der Waals surface area contributed by atoms with Gasteiger partial charge in [0.05, 0.1) is 5.41 Å². The molecule has 4 heteroatoms. The van der Waals surface area contributed by atoms with Crippen LogP contribution in [0.25, 0.3) is 0 Å². The molecule has 0 aromatic rings. The second-order valence-corrected chi connectivity index (χ2v) is 5.47. The summed E-state index contributed by atoms with van der Waals surface area (Å²) < 4.78 is 5.42. The average molecular weight is 211 g/mol. The molecule has 2 rings (SSSR count). The number of ether oxygens (including phenoxy) is 1. The van der Waals surface area contributed by atoms with Crippen LogP contribution in [0.4, 0.5) is 0 Å². The molecule has 84 valence electrons. The summed E-state index contributed by atoms with van der Waals surface area (Å²) in [7, 11) is 0. The van der Waals surface area contributed by atoms with Crippen LogP contribution in [-0.2, 0) is 14.3 Å². The van der Waals surface area contributed by atoms with E-state index in [-0.39, 0.29) is 17.8 Å². The Morgan fingerprint density at radius 1 is 1.40 bits per heavy atom. The zero-order valence-electron chi connectivity index (χ0n) is 9.42. The molecule has 2 bridgehead atoms. The summed E-state index contributed by atoms with van der Waals surface area (Å²) in [5.41, 5.74) is 3.80. The number of nitrogens with two attached hydrogens (primary N) is 1. The zero-order valence-corrected chi connectivity index (χ0v) is 9.42. The van der Waals surface area contributed by atoms with Crippen LogP contribution in [-0.4, -0.2) is 17.5 Å². The maximum Gasteiger partial charge on any atom is 0.313 e. The van der Waals surface area contributed by atoms with Gasteiger partial charge in [-0.05, 0) is 19.8 Å². The molecule has 2 N–H and O–H groups in total. The van der Waals surface area contributed by atoms with Gasteiger partial charge in [-0.1, -0.05) is 13.8 Å². The van der Waals surface area contributed by atoms with Gasteiger partial charge in [0.15, 0.2) is 0 Å². The predicted molar refractivity (Wildman–Crippen MR) is 53.8 cm³/mol. The SMILES string of the molecule is CC1(C)[C@@]2(CC(N)=O)CC[C@]1(C)OC2=O. The molecule has 1 amide bonds. The molecule has 2 aliphatic rings. The van der Waals surface area contributed by atoms with Crippen molar-refractivity contribution < 1.29 is 14.3 Å². The number of fused-ring (bicyclic) bond motifs is 2. The zero-order chi connectivity index (χ0) is 11.5. The van der Waals surface area contributed by atoms with E-state index in [0.717, 1.165) is 6.42 Å². The number of esters is 1. The van der Waals surface area contributed by atoms with E-state index in [1.54, 1.807) is 0 Å². The highest BCUT2D eigenvalue weighted by Gasteiger charge is 2.72. The Kier molecular flexibility index (Phi) is 1.77. The van der Waals surface area contributed by atoms with Crippen LogP contribution in [0.3, 0.4) is 0 Å². The number of hydrogen-bond donors (Lipinski definition) is 1. The van der Waals surface area contributed by atoms with Gasteiger partial charge in [0.25, 0.3) is 0 Å². The van der Waals surface area contributed by atoms with Crippen molar-refractivity contribution in [2.75, 3.05) is 0 Å². The Labute approximate surface area is 89.2 Å². The number of primary amides is 1. The van der Waals surface area contributed by atoms with E-state index < -0.39 is 16.9 Å². The van der Waals surface area contributed by atoms with Crippen molar-refractivity contribution in [3.63, 3.8) is 0 Å². The van der Waals surface area contributed by atoms with Gasteiger partial charge in [-0.25, -0.2) is 0 Å². The van der Waals surface area contributed by atoms with E-state index in [9.17, 15) is 9.59 Å². The van der Waals surface area contributed by atoms with Gasteiger partial charge < -0.3 is 10.5 Å². The highest BCUT2D eigenvalue weighted by atomic mass is 16.6. The summed E-state index contributed by atoms with van der Waals surface area (Å²) in [5.74, 6) is -0.675. The van der Waals surface area contributed by atoms with Gasteiger partial charge in [0.2, 0.25) is 5.91 Å². The Balaban J connectivity index is 2.47. The fourth-order valence-corrected chi connectivity index (χ4v) is 3.10. The topological polar surface area (TPSA) is 69.4 Å². The second-order valence-electron chi connectivity index (χ2n) is 5.47. The molecule has 0 aromatic heterocycles. The van der Waals surface area contributed by atoms with Crippen molar-refractivity contribution in [3.8, 4) is 0 Å². The Morgan fingerprint density at radius 2 is 2.00 bits per heavy atom. The maximum atomic E-state index is 11.9. The first kappa shape index (κ1) is 10.5. The average Bonchev–Trinajstić information content (AvgIpc) is 2.32. The smallest absolute Gasteiger partial charge is 0.313 e. The molecule has 1 heterocycles. The van der Waals surface area contributed by atoms with Gasteiger partial charge in [-0.2, -0.15) is 0 Å². The predicted octanol–water partition coefficient (Wildman–Crippen LogP) is 0.984. The first-order chi connectivity index (χ1) is 6.75. The van der Waals surface area contributed by atoms with Gasteiger partial charge in [-0.3, -0.25) is 9.59 Å². The quantitative estimate of drug-likeness (QED) is 0.692. The van der Waals surface area contributed by atoms with Crippen LogP contribution in [0.2, 0.25) is 0 Å². The van der Waals surface area contributed by atoms with Gasteiger partial charge >= 0.3 is 5.97 Å². The van der Waals surface area contributed by atoms with Crippen LogP contribution in [0.15, 0.2) is 0 Å². The van der Waals surface area contributed by atoms with E-state index in [2.05, 4.69) is 0 Å². The minimum Gasteiger partial charge on any atom is -0.458 e. The summed E-state index contributed by atoms with van der Waals surface area (Å²) in [6.45, 7) is 5.93. The summed E-state index contributed by atoms with van der Waals surface area (Å²) in [6, 6.07) is 0. The molecule has 4 nitrogen and oxygen atoms in total. The Hall–Kier alpha value is -1.06. The highest BCUT2D eigenvalue weighted by Crippen LogP contribution is 2.66. The largest absolute Gasteiger partial charge is 0.458 e. The summed E-state index contributed by atoms with van der Waals surface area (Å²) >= 11 is 0. The van der Waals surface area contributed by atoms with Gasteiger partial charge in [0, 0.05) is 11.8 Å². The molecule has 0 radical (unpaired) electrons. The lowest BCUT2D eigenvalue weighted by atomic mass is 9.64. The summed E-state index contributed by atoms with van der Waals surface area (Å²) in [5, 5.41) is 0. The van der Waals surface area contributed by atoms with Gasteiger partial charge in [-0.15, -0.1) is 0 Å². The Bertz CT molecular complexity index is 350. The molecule has 1 aliphatic heterocycles. The first-order valence-electron chi connectivity index (χ1n) is 5.27. The molecule has 2 fully saturated rings. The van der Waals surface area contributed by atoms with Crippen molar-refractivity contribution in [3.05, 3.63) is 0 Å². The van der Waals surface area contributed by atoms with Crippen LogP contribution >= 0.6 is 0 Å². The van der Waals surface area contributed by atoms with E-state index >= 15 is 0 Å². The van der Waals surface area contributed by atoms with Crippen molar-refractivity contribution in [2.24, 2.45) is 16.6 Å². The van der Waals surface area contributed by atoms with Crippen LogP contribution < -0.4 is 5.73 Å². The number of rotatable bonds is 2. The minimum absolute atomic E-state index is 0.106. The van der Waals surface area contributed by atoms with Crippen LogP contribution in [0.5, 0.6) is 0 Å². The maximum absolute atomic E-state index is 11.9. The lowest BCUT2D eigenvalue weighted by molar-refractivity contribution is -0.160. The lowest BCUT2D eigenvalue weighted by Crippen LogP contribution is -2.42. The third kappa shape index (κ3) is 0.971. The molecule has 0 spiro atoms. The minimum atomic E-state index is -0.687. The van der Waals surface area contributed by atoms with E-state index in [1.807, 2.05) is 20.8 Å². The van der Waals surface area contributed by atoms with E-state index in [4.69, 9.17) is 10.5 Å².